The Morgan fingerprint density at radius 1 is 1.12 bits per heavy atom. The molecule has 0 radical (unpaired) electrons. The van der Waals surface area contributed by atoms with Gasteiger partial charge in [0, 0.05) is 26.1 Å². The number of carbonyl (C=O) groups excluding carboxylic acids is 2. The van der Waals surface area contributed by atoms with Gasteiger partial charge in [-0.15, -0.1) is 5.10 Å². The standard InChI is InChI=1S/C18H29N5O2/c24-17(9-8-15-6-2-1-3-7-15)19-10-13-23-14-16(20-21-23)18(25)22-11-4-5-12-22/h14-15H,1-13H2,(H,19,24). The number of likely N-dealkylation sites (tertiary alicyclic amines) is 1. The first-order valence-electron chi connectivity index (χ1n) is 9.68. The molecule has 0 bridgehead atoms. The predicted octanol–water partition coefficient (Wildman–Crippen LogP) is 1.99. The maximum atomic E-state index is 12.2. The number of aromatic nitrogens is 3. The monoisotopic (exact) mass is 347 g/mol. The van der Waals surface area contributed by atoms with Crippen molar-refractivity contribution in [2.24, 2.45) is 5.92 Å². The van der Waals surface area contributed by atoms with Crippen molar-refractivity contribution >= 4 is 11.8 Å². The molecule has 1 aliphatic heterocycles. The topological polar surface area (TPSA) is 80.1 Å². The summed E-state index contributed by atoms with van der Waals surface area (Å²) < 4.78 is 1.63. The smallest absolute Gasteiger partial charge is 0.276 e. The molecule has 2 amide bonds. The lowest BCUT2D eigenvalue weighted by atomic mass is 9.86. The van der Waals surface area contributed by atoms with E-state index in [1.54, 1.807) is 10.9 Å². The molecular weight excluding hydrogens is 318 g/mol. The number of hydrogen-bond acceptors (Lipinski definition) is 4. The summed E-state index contributed by atoms with van der Waals surface area (Å²) in [6, 6.07) is 0. The lowest BCUT2D eigenvalue weighted by Gasteiger charge is -2.20. The Bertz CT molecular complexity index is 574. The fraction of sp³-hybridized carbons (Fsp3) is 0.778. The van der Waals surface area contributed by atoms with Crippen LogP contribution in [0.1, 0.15) is 68.3 Å². The van der Waals surface area contributed by atoms with Gasteiger partial charge in [-0.1, -0.05) is 37.3 Å². The largest absolute Gasteiger partial charge is 0.354 e. The molecule has 25 heavy (non-hydrogen) atoms. The van der Waals surface area contributed by atoms with E-state index >= 15 is 0 Å². The molecule has 1 N–H and O–H groups in total. The molecule has 0 spiro atoms. The zero-order valence-electron chi connectivity index (χ0n) is 15.0. The molecule has 3 rings (SSSR count). The van der Waals surface area contributed by atoms with Crippen molar-refractivity contribution in [3.8, 4) is 0 Å². The second-order valence-electron chi connectivity index (χ2n) is 7.26. The Morgan fingerprint density at radius 3 is 2.64 bits per heavy atom. The lowest BCUT2D eigenvalue weighted by Crippen LogP contribution is -2.28. The first-order valence-corrected chi connectivity index (χ1v) is 9.68. The first kappa shape index (κ1) is 17.9. The summed E-state index contributed by atoms with van der Waals surface area (Å²) in [5.74, 6) is 0.799. The van der Waals surface area contributed by atoms with Crippen LogP contribution >= 0.6 is 0 Å². The van der Waals surface area contributed by atoms with E-state index < -0.39 is 0 Å². The van der Waals surface area contributed by atoms with Crippen LogP contribution in [0.4, 0.5) is 0 Å². The Labute approximate surface area is 149 Å². The van der Waals surface area contributed by atoms with Gasteiger partial charge in [-0.05, 0) is 25.2 Å². The number of carbonyl (C=O) groups is 2. The van der Waals surface area contributed by atoms with Crippen molar-refractivity contribution in [1.82, 2.24) is 25.2 Å². The average Bonchev–Trinajstić information content (AvgIpc) is 3.32. The summed E-state index contributed by atoms with van der Waals surface area (Å²) in [6.07, 6.45) is 12.0. The molecule has 1 saturated heterocycles. The van der Waals surface area contributed by atoms with Gasteiger partial charge in [-0.2, -0.15) is 0 Å². The molecule has 7 nitrogen and oxygen atoms in total. The average molecular weight is 347 g/mol. The highest BCUT2D eigenvalue weighted by atomic mass is 16.2. The Balaban J connectivity index is 1.34. The van der Waals surface area contributed by atoms with Crippen LogP contribution in [-0.2, 0) is 11.3 Å². The van der Waals surface area contributed by atoms with Crippen molar-refractivity contribution < 1.29 is 9.59 Å². The maximum Gasteiger partial charge on any atom is 0.276 e. The van der Waals surface area contributed by atoms with Gasteiger partial charge in [-0.25, -0.2) is 4.68 Å². The third-order valence-corrected chi connectivity index (χ3v) is 5.32. The van der Waals surface area contributed by atoms with Gasteiger partial charge < -0.3 is 10.2 Å². The third kappa shape index (κ3) is 5.28. The number of nitrogens with one attached hydrogen (secondary N) is 1. The quantitative estimate of drug-likeness (QED) is 0.818. The Hall–Kier alpha value is -1.92. The number of amides is 2. The number of hydrogen-bond donors (Lipinski definition) is 1. The maximum absolute atomic E-state index is 12.2. The number of nitrogens with zero attached hydrogens (tertiary/aromatic N) is 4. The molecule has 2 heterocycles. The van der Waals surface area contributed by atoms with Gasteiger partial charge in [0.15, 0.2) is 5.69 Å². The van der Waals surface area contributed by atoms with Crippen molar-refractivity contribution in [3.05, 3.63) is 11.9 Å². The molecule has 2 aliphatic rings. The van der Waals surface area contributed by atoms with Crippen LogP contribution in [0, 0.1) is 5.92 Å². The number of rotatable bonds is 7. The van der Waals surface area contributed by atoms with Gasteiger partial charge in [0.2, 0.25) is 5.91 Å². The molecule has 1 aromatic rings. The molecule has 1 aliphatic carbocycles. The molecule has 0 atom stereocenters. The SMILES string of the molecule is O=C(CCC1CCCCC1)NCCn1cc(C(=O)N2CCCC2)nn1. The van der Waals surface area contributed by atoms with Crippen LogP contribution in [-0.4, -0.2) is 51.3 Å². The van der Waals surface area contributed by atoms with Crippen LogP contribution in [0.25, 0.3) is 0 Å². The highest BCUT2D eigenvalue weighted by Gasteiger charge is 2.22. The van der Waals surface area contributed by atoms with Crippen LogP contribution in [0.5, 0.6) is 0 Å². The summed E-state index contributed by atoms with van der Waals surface area (Å²) in [4.78, 5) is 26.0. The second-order valence-corrected chi connectivity index (χ2v) is 7.26. The van der Waals surface area contributed by atoms with E-state index in [0.29, 0.717) is 25.2 Å². The predicted molar refractivity (Wildman–Crippen MR) is 94.0 cm³/mol. The van der Waals surface area contributed by atoms with E-state index in [9.17, 15) is 9.59 Å². The van der Waals surface area contributed by atoms with Crippen LogP contribution in [0.3, 0.4) is 0 Å². The van der Waals surface area contributed by atoms with E-state index in [1.165, 1.54) is 32.1 Å². The third-order valence-electron chi connectivity index (χ3n) is 5.32. The highest BCUT2D eigenvalue weighted by molar-refractivity contribution is 5.92. The Kier molecular flexibility index (Phi) is 6.42. The summed E-state index contributed by atoms with van der Waals surface area (Å²) >= 11 is 0. The van der Waals surface area contributed by atoms with Gasteiger partial charge in [0.1, 0.15) is 0 Å². The minimum atomic E-state index is -0.0414. The van der Waals surface area contributed by atoms with Crippen molar-refractivity contribution in [2.45, 2.75) is 64.3 Å². The molecular formula is C18H29N5O2. The van der Waals surface area contributed by atoms with Crippen LogP contribution < -0.4 is 5.32 Å². The highest BCUT2D eigenvalue weighted by Crippen LogP contribution is 2.27. The first-order chi connectivity index (χ1) is 12.2. The van der Waals surface area contributed by atoms with Gasteiger partial charge >= 0.3 is 0 Å². The van der Waals surface area contributed by atoms with E-state index in [4.69, 9.17) is 0 Å². The van der Waals surface area contributed by atoms with Gasteiger partial charge in [0.05, 0.1) is 12.7 Å². The minimum Gasteiger partial charge on any atom is -0.354 e. The zero-order chi connectivity index (χ0) is 17.5. The van der Waals surface area contributed by atoms with Gasteiger partial charge in [-0.3, -0.25) is 9.59 Å². The van der Waals surface area contributed by atoms with E-state index in [2.05, 4.69) is 15.6 Å². The van der Waals surface area contributed by atoms with Crippen LogP contribution in [0.2, 0.25) is 0 Å². The summed E-state index contributed by atoms with van der Waals surface area (Å²) in [7, 11) is 0. The normalized spacial score (nSPS) is 18.5. The van der Waals surface area contributed by atoms with Crippen molar-refractivity contribution in [2.75, 3.05) is 19.6 Å². The van der Waals surface area contributed by atoms with Crippen molar-refractivity contribution in [3.63, 3.8) is 0 Å². The van der Waals surface area contributed by atoms with E-state index in [1.807, 2.05) is 4.90 Å². The Morgan fingerprint density at radius 2 is 1.88 bits per heavy atom. The summed E-state index contributed by atoms with van der Waals surface area (Å²) in [6.45, 7) is 2.67. The van der Waals surface area contributed by atoms with Crippen LogP contribution in [0.15, 0.2) is 6.20 Å². The minimum absolute atomic E-state index is 0.0414. The fourth-order valence-corrected chi connectivity index (χ4v) is 3.80. The second kappa shape index (κ2) is 8.97. The van der Waals surface area contributed by atoms with Gasteiger partial charge in [0.25, 0.3) is 5.91 Å². The van der Waals surface area contributed by atoms with Crippen molar-refractivity contribution in [1.29, 1.82) is 0 Å². The summed E-state index contributed by atoms with van der Waals surface area (Å²) in [5.41, 5.74) is 0.394. The summed E-state index contributed by atoms with van der Waals surface area (Å²) in [5, 5.41) is 10.9. The molecule has 0 aromatic carbocycles. The molecule has 138 valence electrons. The molecule has 7 heteroatoms. The van der Waals surface area contributed by atoms with E-state index in [-0.39, 0.29) is 11.8 Å². The lowest BCUT2D eigenvalue weighted by molar-refractivity contribution is -0.121. The molecule has 2 fully saturated rings. The molecule has 1 saturated carbocycles. The fourth-order valence-electron chi connectivity index (χ4n) is 3.80. The molecule has 0 unspecified atom stereocenters. The molecule has 1 aromatic heterocycles. The zero-order valence-corrected chi connectivity index (χ0v) is 15.0. The van der Waals surface area contributed by atoms with E-state index in [0.717, 1.165) is 38.3 Å².